The highest BCUT2D eigenvalue weighted by molar-refractivity contribution is 5.89. The summed E-state index contributed by atoms with van der Waals surface area (Å²) < 4.78 is 42.0. The van der Waals surface area contributed by atoms with E-state index in [9.17, 15) is 22.8 Å². The molecule has 1 atom stereocenters. The minimum absolute atomic E-state index is 0.184. The molecule has 20 heavy (non-hydrogen) atoms. The summed E-state index contributed by atoms with van der Waals surface area (Å²) in [6.07, 6.45) is -3.47. The van der Waals surface area contributed by atoms with Crippen LogP contribution in [-0.4, -0.2) is 18.0 Å². The average molecular weight is 287 g/mol. The van der Waals surface area contributed by atoms with E-state index in [-0.39, 0.29) is 5.56 Å². The molecule has 4 nitrogen and oxygen atoms in total. The number of alkyl halides is 3. The molecule has 1 unspecified atom stereocenters. The SMILES string of the molecule is CC(OC(=O)C=Cc1cccc(C(F)(F)F)c1)C(N)=O. The first kappa shape index (κ1) is 15.7. The quantitative estimate of drug-likeness (QED) is 0.681. The van der Waals surface area contributed by atoms with Crippen molar-refractivity contribution >= 4 is 18.0 Å². The molecule has 2 N–H and O–H groups in total. The van der Waals surface area contributed by atoms with Crippen LogP contribution in [0, 0.1) is 0 Å². The molecule has 0 aliphatic carbocycles. The lowest BCUT2D eigenvalue weighted by Gasteiger charge is -2.07. The van der Waals surface area contributed by atoms with E-state index in [1.54, 1.807) is 0 Å². The molecule has 0 bridgehead atoms. The van der Waals surface area contributed by atoms with E-state index in [4.69, 9.17) is 5.73 Å². The van der Waals surface area contributed by atoms with Crippen molar-refractivity contribution in [2.24, 2.45) is 5.73 Å². The molecule has 0 saturated heterocycles. The van der Waals surface area contributed by atoms with Gasteiger partial charge in [0.25, 0.3) is 5.91 Å². The van der Waals surface area contributed by atoms with Crippen LogP contribution in [0.3, 0.4) is 0 Å². The second-order valence-electron chi connectivity index (χ2n) is 3.94. The minimum atomic E-state index is -4.45. The molecule has 0 aliphatic heterocycles. The number of hydrogen-bond donors (Lipinski definition) is 1. The number of esters is 1. The Bertz CT molecular complexity index is 538. The van der Waals surface area contributed by atoms with Crippen LogP contribution in [-0.2, 0) is 20.5 Å². The zero-order valence-corrected chi connectivity index (χ0v) is 10.5. The summed E-state index contributed by atoms with van der Waals surface area (Å²) in [4.78, 5) is 21.9. The summed E-state index contributed by atoms with van der Waals surface area (Å²) in [5.41, 5.74) is 4.26. The van der Waals surface area contributed by atoms with Gasteiger partial charge in [0.15, 0.2) is 6.10 Å². The van der Waals surface area contributed by atoms with Gasteiger partial charge in [0, 0.05) is 6.08 Å². The molecule has 0 saturated carbocycles. The first-order valence-corrected chi connectivity index (χ1v) is 5.55. The van der Waals surface area contributed by atoms with E-state index in [1.807, 2.05) is 0 Å². The molecular formula is C13H12F3NO3. The Kier molecular flexibility index (Phi) is 4.90. The van der Waals surface area contributed by atoms with Gasteiger partial charge in [-0.15, -0.1) is 0 Å². The van der Waals surface area contributed by atoms with Gasteiger partial charge >= 0.3 is 12.1 Å². The highest BCUT2D eigenvalue weighted by atomic mass is 19.4. The number of halogens is 3. The van der Waals surface area contributed by atoms with Crippen LogP contribution in [0.25, 0.3) is 6.08 Å². The van der Waals surface area contributed by atoms with Crippen LogP contribution in [0.4, 0.5) is 13.2 Å². The fourth-order valence-corrected chi connectivity index (χ4v) is 1.25. The Morgan fingerprint density at radius 1 is 1.35 bits per heavy atom. The third-order valence-corrected chi connectivity index (χ3v) is 2.32. The van der Waals surface area contributed by atoms with E-state index >= 15 is 0 Å². The van der Waals surface area contributed by atoms with Crippen molar-refractivity contribution in [3.63, 3.8) is 0 Å². The van der Waals surface area contributed by atoms with E-state index in [1.165, 1.54) is 19.1 Å². The molecule has 108 valence electrons. The lowest BCUT2D eigenvalue weighted by molar-refractivity contribution is -0.148. The maximum atomic E-state index is 12.5. The third kappa shape index (κ3) is 4.75. The van der Waals surface area contributed by atoms with Gasteiger partial charge in [-0.05, 0) is 30.7 Å². The van der Waals surface area contributed by atoms with Crippen LogP contribution in [0.5, 0.6) is 0 Å². The Morgan fingerprint density at radius 2 is 2.00 bits per heavy atom. The Balaban J connectivity index is 2.76. The van der Waals surface area contributed by atoms with Crippen molar-refractivity contribution in [1.82, 2.24) is 0 Å². The number of rotatable bonds is 4. The topological polar surface area (TPSA) is 69.4 Å². The molecule has 0 fully saturated rings. The molecular weight excluding hydrogens is 275 g/mol. The van der Waals surface area contributed by atoms with E-state index < -0.39 is 29.7 Å². The minimum Gasteiger partial charge on any atom is -0.449 e. The Morgan fingerprint density at radius 3 is 2.55 bits per heavy atom. The van der Waals surface area contributed by atoms with Crippen LogP contribution in [0.15, 0.2) is 30.3 Å². The lowest BCUT2D eigenvalue weighted by atomic mass is 10.1. The van der Waals surface area contributed by atoms with Crippen LogP contribution in [0.2, 0.25) is 0 Å². The van der Waals surface area contributed by atoms with Gasteiger partial charge in [0.1, 0.15) is 0 Å². The number of primary amides is 1. The predicted molar refractivity (Wildman–Crippen MR) is 65.2 cm³/mol. The van der Waals surface area contributed by atoms with Gasteiger partial charge in [-0.25, -0.2) is 4.79 Å². The van der Waals surface area contributed by atoms with Gasteiger partial charge in [0.05, 0.1) is 5.56 Å². The normalized spacial score (nSPS) is 13.2. The molecule has 1 amide bonds. The van der Waals surface area contributed by atoms with Crippen LogP contribution >= 0.6 is 0 Å². The Labute approximate surface area is 113 Å². The molecule has 7 heteroatoms. The molecule has 1 aromatic carbocycles. The summed E-state index contributed by atoms with van der Waals surface area (Å²) in [6, 6.07) is 4.43. The zero-order chi connectivity index (χ0) is 15.3. The van der Waals surface area contributed by atoms with Crippen molar-refractivity contribution in [3.8, 4) is 0 Å². The fraction of sp³-hybridized carbons (Fsp3) is 0.231. The van der Waals surface area contributed by atoms with Crippen molar-refractivity contribution in [3.05, 3.63) is 41.5 Å². The highest BCUT2D eigenvalue weighted by Crippen LogP contribution is 2.29. The molecule has 0 aliphatic rings. The van der Waals surface area contributed by atoms with Crippen molar-refractivity contribution in [2.75, 3.05) is 0 Å². The van der Waals surface area contributed by atoms with Crippen molar-refractivity contribution < 1.29 is 27.5 Å². The second-order valence-corrected chi connectivity index (χ2v) is 3.94. The summed E-state index contributed by atoms with van der Waals surface area (Å²) in [5.74, 6) is -1.68. The van der Waals surface area contributed by atoms with Gasteiger partial charge in [-0.3, -0.25) is 4.79 Å². The van der Waals surface area contributed by atoms with Gasteiger partial charge in [-0.1, -0.05) is 12.1 Å². The molecule has 1 rings (SSSR count). The largest absolute Gasteiger partial charge is 0.449 e. The molecule has 0 spiro atoms. The maximum Gasteiger partial charge on any atom is 0.416 e. The van der Waals surface area contributed by atoms with Gasteiger partial charge in [0.2, 0.25) is 0 Å². The molecule has 0 aromatic heterocycles. The van der Waals surface area contributed by atoms with Crippen LogP contribution < -0.4 is 5.73 Å². The average Bonchev–Trinajstić information content (AvgIpc) is 2.35. The number of hydrogen-bond acceptors (Lipinski definition) is 3. The van der Waals surface area contributed by atoms with Gasteiger partial charge in [-0.2, -0.15) is 13.2 Å². The number of carbonyl (C=O) groups is 2. The fourth-order valence-electron chi connectivity index (χ4n) is 1.25. The molecule has 0 radical (unpaired) electrons. The monoisotopic (exact) mass is 287 g/mol. The number of amides is 1. The van der Waals surface area contributed by atoms with Crippen molar-refractivity contribution in [2.45, 2.75) is 19.2 Å². The van der Waals surface area contributed by atoms with E-state index in [2.05, 4.69) is 4.74 Å². The summed E-state index contributed by atoms with van der Waals surface area (Å²) in [5, 5.41) is 0. The molecule has 1 aromatic rings. The zero-order valence-electron chi connectivity index (χ0n) is 10.5. The summed E-state index contributed by atoms with van der Waals surface area (Å²) >= 11 is 0. The second kappa shape index (κ2) is 6.23. The number of carbonyl (C=O) groups excluding carboxylic acids is 2. The number of nitrogens with two attached hydrogens (primary N) is 1. The van der Waals surface area contributed by atoms with E-state index in [0.29, 0.717) is 0 Å². The number of ether oxygens (including phenoxy) is 1. The van der Waals surface area contributed by atoms with E-state index in [0.717, 1.165) is 24.3 Å². The smallest absolute Gasteiger partial charge is 0.416 e. The highest BCUT2D eigenvalue weighted by Gasteiger charge is 2.30. The predicted octanol–water partition coefficient (Wildman–Crippen LogP) is 2.14. The standard InChI is InChI=1S/C13H12F3NO3/c1-8(12(17)19)20-11(18)6-5-9-3-2-4-10(7-9)13(14,15)16/h2-8H,1H3,(H2,17,19). The van der Waals surface area contributed by atoms with Gasteiger partial charge < -0.3 is 10.5 Å². The maximum absolute atomic E-state index is 12.5. The lowest BCUT2D eigenvalue weighted by Crippen LogP contribution is -2.29. The number of benzene rings is 1. The first-order valence-electron chi connectivity index (χ1n) is 5.55. The molecule has 0 heterocycles. The third-order valence-electron chi connectivity index (χ3n) is 2.32. The van der Waals surface area contributed by atoms with Crippen LogP contribution in [0.1, 0.15) is 18.1 Å². The summed E-state index contributed by atoms with van der Waals surface area (Å²) in [6.45, 7) is 1.29. The van der Waals surface area contributed by atoms with Crippen molar-refractivity contribution in [1.29, 1.82) is 0 Å². The first-order chi connectivity index (χ1) is 9.20. The Hall–Kier alpha value is -2.31. The summed E-state index contributed by atoms with van der Waals surface area (Å²) in [7, 11) is 0.